The van der Waals surface area contributed by atoms with Crippen molar-refractivity contribution >= 4 is 23.7 Å². The van der Waals surface area contributed by atoms with Gasteiger partial charge in [0.2, 0.25) is 11.9 Å². The van der Waals surface area contributed by atoms with Crippen molar-refractivity contribution in [1.82, 2.24) is 15.0 Å². The first-order valence-corrected chi connectivity index (χ1v) is 8.81. The first-order valence-electron chi connectivity index (χ1n) is 7.65. The summed E-state index contributed by atoms with van der Waals surface area (Å²) in [5, 5.41) is 6.45. The van der Waals surface area contributed by atoms with Gasteiger partial charge in [0.1, 0.15) is 0 Å². The highest BCUT2D eigenvalue weighted by Gasteiger charge is 2.15. The second-order valence-corrected chi connectivity index (χ2v) is 6.62. The molecular formula is C14H25N5OS. The van der Waals surface area contributed by atoms with Gasteiger partial charge >= 0.3 is 6.01 Å². The molecule has 21 heavy (non-hydrogen) atoms. The topological polar surface area (TPSA) is 72.0 Å². The minimum absolute atomic E-state index is 0.0464. The largest absolute Gasteiger partial charge is 0.461 e. The number of nitrogens with one attached hydrogen (secondary N) is 2. The van der Waals surface area contributed by atoms with Crippen LogP contribution in [0.25, 0.3) is 0 Å². The van der Waals surface area contributed by atoms with Crippen LogP contribution in [0.15, 0.2) is 0 Å². The summed E-state index contributed by atoms with van der Waals surface area (Å²) in [5.41, 5.74) is 0. The van der Waals surface area contributed by atoms with E-state index in [0.717, 1.165) is 13.1 Å². The molecule has 0 bridgehead atoms. The fourth-order valence-electron chi connectivity index (χ4n) is 2.12. The summed E-state index contributed by atoms with van der Waals surface area (Å²) < 4.78 is 5.59. The van der Waals surface area contributed by atoms with Gasteiger partial charge in [-0.1, -0.05) is 0 Å². The van der Waals surface area contributed by atoms with Crippen LogP contribution in [0.5, 0.6) is 6.01 Å². The van der Waals surface area contributed by atoms with Crippen LogP contribution in [0, 0.1) is 5.92 Å². The van der Waals surface area contributed by atoms with Gasteiger partial charge in [-0.25, -0.2) is 0 Å². The number of thioether (sulfide) groups is 1. The molecule has 0 saturated carbocycles. The molecule has 1 aromatic rings. The Morgan fingerprint density at radius 1 is 1.14 bits per heavy atom. The van der Waals surface area contributed by atoms with Crippen LogP contribution >= 0.6 is 11.8 Å². The fraction of sp³-hybridized carbons (Fsp3) is 0.786. The van der Waals surface area contributed by atoms with Gasteiger partial charge in [-0.2, -0.15) is 26.7 Å². The Balaban J connectivity index is 2.00. The highest BCUT2D eigenvalue weighted by atomic mass is 32.2. The Hall–Kier alpha value is -1.24. The van der Waals surface area contributed by atoms with E-state index in [0.29, 0.717) is 23.8 Å². The predicted molar refractivity (Wildman–Crippen MR) is 88.3 cm³/mol. The molecule has 2 N–H and O–H groups in total. The van der Waals surface area contributed by atoms with Gasteiger partial charge in [-0.3, -0.25) is 0 Å². The maximum Gasteiger partial charge on any atom is 0.323 e. The molecule has 0 aliphatic carbocycles. The molecule has 1 saturated heterocycles. The third-order valence-electron chi connectivity index (χ3n) is 3.18. The zero-order valence-electron chi connectivity index (χ0n) is 13.1. The van der Waals surface area contributed by atoms with Gasteiger partial charge in [0.25, 0.3) is 0 Å². The van der Waals surface area contributed by atoms with Crippen LogP contribution in [0.4, 0.5) is 11.9 Å². The lowest BCUT2D eigenvalue weighted by Gasteiger charge is -2.21. The van der Waals surface area contributed by atoms with Gasteiger partial charge in [0.05, 0.1) is 6.10 Å². The summed E-state index contributed by atoms with van der Waals surface area (Å²) in [6.45, 7) is 7.62. The van der Waals surface area contributed by atoms with E-state index >= 15 is 0 Å². The molecule has 0 amide bonds. The summed E-state index contributed by atoms with van der Waals surface area (Å²) in [6, 6.07) is 0.373. The number of aromatic nitrogens is 3. The van der Waals surface area contributed by atoms with Crippen LogP contribution in [-0.2, 0) is 0 Å². The zero-order valence-corrected chi connectivity index (χ0v) is 13.9. The molecule has 0 radical (unpaired) electrons. The summed E-state index contributed by atoms with van der Waals surface area (Å²) in [6.07, 6.45) is 2.57. The van der Waals surface area contributed by atoms with E-state index in [1.165, 1.54) is 24.3 Å². The van der Waals surface area contributed by atoms with E-state index in [1.807, 2.05) is 32.5 Å². The molecule has 2 rings (SSSR count). The van der Waals surface area contributed by atoms with Crippen molar-refractivity contribution < 1.29 is 4.74 Å². The summed E-state index contributed by atoms with van der Waals surface area (Å²) in [4.78, 5) is 13.0. The zero-order chi connectivity index (χ0) is 15.1. The second kappa shape index (κ2) is 8.26. The molecule has 2 heterocycles. The van der Waals surface area contributed by atoms with E-state index in [2.05, 4.69) is 25.6 Å². The Bertz CT molecular complexity index is 437. The van der Waals surface area contributed by atoms with Crippen molar-refractivity contribution in [3.05, 3.63) is 0 Å². The second-order valence-electron chi connectivity index (χ2n) is 5.40. The molecule has 118 valence electrons. The average Bonchev–Trinajstić information content (AvgIpc) is 2.46. The molecule has 1 aromatic heterocycles. The van der Waals surface area contributed by atoms with E-state index in [4.69, 9.17) is 4.74 Å². The average molecular weight is 311 g/mol. The van der Waals surface area contributed by atoms with E-state index in [1.54, 1.807) is 0 Å². The molecule has 1 aliphatic heterocycles. The van der Waals surface area contributed by atoms with Crippen molar-refractivity contribution in [2.75, 3.05) is 35.2 Å². The van der Waals surface area contributed by atoms with Gasteiger partial charge < -0.3 is 15.4 Å². The summed E-state index contributed by atoms with van der Waals surface area (Å²) in [7, 11) is 0. The van der Waals surface area contributed by atoms with Crippen LogP contribution in [0.1, 0.15) is 33.6 Å². The number of ether oxygens (including phenoxy) is 1. The lowest BCUT2D eigenvalue weighted by atomic mass is 10.0. The maximum atomic E-state index is 5.59. The predicted octanol–water partition coefficient (Wildman–Crippen LogP) is 2.65. The Labute approximate surface area is 130 Å². The molecule has 7 heteroatoms. The van der Waals surface area contributed by atoms with Gasteiger partial charge in [0, 0.05) is 13.1 Å². The standard InChI is InChI=1S/C14H25N5OS/c1-4-15-12-17-13(19-14(18-12)20-10(2)3)16-9-11-5-7-21-8-6-11/h10-11H,4-9H2,1-3H3,(H2,15,16,17,18,19). The van der Waals surface area contributed by atoms with Crippen molar-refractivity contribution in [3.63, 3.8) is 0 Å². The quantitative estimate of drug-likeness (QED) is 0.802. The number of hydrogen-bond acceptors (Lipinski definition) is 7. The Morgan fingerprint density at radius 3 is 2.43 bits per heavy atom. The lowest BCUT2D eigenvalue weighted by molar-refractivity contribution is 0.222. The highest BCUT2D eigenvalue weighted by Crippen LogP contribution is 2.23. The first-order chi connectivity index (χ1) is 10.2. The number of nitrogens with zero attached hydrogens (tertiary/aromatic N) is 3. The van der Waals surface area contributed by atoms with Gasteiger partial charge in [-0.05, 0) is 51.0 Å². The molecule has 1 aliphatic rings. The SMILES string of the molecule is CCNc1nc(NCC2CCSCC2)nc(OC(C)C)n1. The van der Waals surface area contributed by atoms with Crippen LogP contribution < -0.4 is 15.4 Å². The van der Waals surface area contributed by atoms with Crippen LogP contribution in [-0.4, -0.2) is 45.7 Å². The van der Waals surface area contributed by atoms with Crippen LogP contribution in [0.3, 0.4) is 0 Å². The Morgan fingerprint density at radius 2 is 1.81 bits per heavy atom. The summed E-state index contributed by atoms with van der Waals surface area (Å²) >= 11 is 2.04. The maximum absolute atomic E-state index is 5.59. The van der Waals surface area contributed by atoms with Crippen molar-refractivity contribution in [1.29, 1.82) is 0 Å². The van der Waals surface area contributed by atoms with Gasteiger partial charge in [0.15, 0.2) is 0 Å². The van der Waals surface area contributed by atoms with Crippen molar-refractivity contribution in [2.45, 2.75) is 39.7 Å². The van der Waals surface area contributed by atoms with Gasteiger partial charge in [-0.15, -0.1) is 0 Å². The molecule has 6 nitrogen and oxygen atoms in total. The third kappa shape index (κ3) is 5.57. The number of rotatable bonds is 7. The molecule has 0 spiro atoms. The van der Waals surface area contributed by atoms with E-state index < -0.39 is 0 Å². The minimum Gasteiger partial charge on any atom is -0.461 e. The van der Waals surface area contributed by atoms with Crippen molar-refractivity contribution in [3.8, 4) is 6.01 Å². The first kappa shape index (κ1) is 16.1. The lowest BCUT2D eigenvalue weighted by Crippen LogP contribution is -2.21. The number of hydrogen-bond donors (Lipinski definition) is 2. The Kier molecular flexibility index (Phi) is 6.35. The third-order valence-corrected chi connectivity index (χ3v) is 4.23. The highest BCUT2D eigenvalue weighted by molar-refractivity contribution is 7.99. The smallest absolute Gasteiger partial charge is 0.323 e. The molecule has 0 unspecified atom stereocenters. The summed E-state index contributed by atoms with van der Waals surface area (Å²) in [5.74, 6) is 4.38. The van der Waals surface area contributed by atoms with Crippen LogP contribution in [0.2, 0.25) is 0 Å². The molecule has 1 fully saturated rings. The molecular weight excluding hydrogens is 286 g/mol. The fourth-order valence-corrected chi connectivity index (χ4v) is 3.33. The monoisotopic (exact) mass is 311 g/mol. The van der Waals surface area contributed by atoms with E-state index in [-0.39, 0.29) is 6.10 Å². The molecule has 0 atom stereocenters. The van der Waals surface area contributed by atoms with E-state index in [9.17, 15) is 0 Å². The normalized spacial score (nSPS) is 16.0. The molecule has 0 aromatic carbocycles. The minimum atomic E-state index is 0.0464. The van der Waals surface area contributed by atoms with Crippen molar-refractivity contribution in [2.24, 2.45) is 5.92 Å². The number of anilines is 2.